The number of hydrogen-bond acceptors (Lipinski definition) is 8. The Hall–Kier alpha value is -3.81. The average molecular weight is 523 g/mol. The van der Waals surface area contributed by atoms with Crippen molar-refractivity contribution in [2.75, 3.05) is 54.2 Å². The molecule has 0 fully saturated rings. The zero-order valence-corrected chi connectivity index (χ0v) is 22.4. The summed E-state index contributed by atoms with van der Waals surface area (Å²) >= 11 is 0. The van der Waals surface area contributed by atoms with Gasteiger partial charge in [-0.15, -0.1) is 0 Å². The topological polar surface area (TPSA) is 105 Å². The fraction of sp³-hybridized carbons (Fsp3) is 0.464. The third kappa shape index (κ3) is 6.01. The fourth-order valence-corrected chi connectivity index (χ4v) is 4.29. The van der Waals surface area contributed by atoms with Gasteiger partial charge in [0.1, 0.15) is 11.7 Å². The van der Waals surface area contributed by atoms with Crippen molar-refractivity contribution in [3.05, 3.63) is 47.2 Å². The van der Waals surface area contributed by atoms with E-state index in [1.807, 2.05) is 25.9 Å². The molecule has 0 radical (unpaired) electrons. The highest BCUT2D eigenvalue weighted by molar-refractivity contribution is 5.97. The molecular formula is C28H34N4O6. The first-order valence-corrected chi connectivity index (χ1v) is 12.5. The van der Waals surface area contributed by atoms with Crippen molar-refractivity contribution < 1.29 is 28.9 Å². The number of hydrogen-bond donors (Lipinski definition) is 1. The van der Waals surface area contributed by atoms with Gasteiger partial charge in [0.05, 0.1) is 25.7 Å². The standard InChI is InChI=1S/C28H34N4O6/c1-18-14-32(19(2)16-33)28(35)22-11-20(7-6-10-30(3)4)13-29-26(22)38-25(18)15-31(5)27(34)21-8-9-23-24(12-21)37-17-36-23/h8-9,11-13,18-19,25,33H,10,14-17H2,1-5H3/t18-,19-,25+/m1/s1. The summed E-state index contributed by atoms with van der Waals surface area (Å²) in [5, 5.41) is 9.86. The number of benzene rings is 1. The minimum absolute atomic E-state index is 0.132. The molecule has 0 unspecified atom stereocenters. The quantitative estimate of drug-likeness (QED) is 0.572. The van der Waals surface area contributed by atoms with Crippen LogP contribution in [-0.2, 0) is 0 Å². The molecule has 4 rings (SSSR count). The molecule has 202 valence electrons. The molecule has 0 bridgehead atoms. The van der Waals surface area contributed by atoms with Crippen LogP contribution in [0.3, 0.4) is 0 Å². The molecule has 0 saturated heterocycles. The number of fused-ring (bicyclic) bond motifs is 2. The minimum atomic E-state index is -0.462. The van der Waals surface area contributed by atoms with Crippen molar-refractivity contribution in [3.63, 3.8) is 0 Å². The van der Waals surface area contributed by atoms with Gasteiger partial charge >= 0.3 is 0 Å². The van der Waals surface area contributed by atoms with Crippen LogP contribution in [0.25, 0.3) is 0 Å². The summed E-state index contributed by atoms with van der Waals surface area (Å²) < 4.78 is 17.0. The highest BCUT2D eigenvalue weighted by Gasteiger charge is 2.35. The number of nitrogens with zero attached hydrogens (tertiary/aromatic N) is 4. The van der Waals surface area contributed by atoms with E-state index in [1.165, 1.54) is 0 Å². The predicted molar refractivity (Wildman–Crippen MR) is 140 cm³/mol. The van der Waals surface area contributed by atoms with Gasteiger partial charge in [0.15, 0.2) is 11.5 Å². The zero-order valence-electron chi connectivity index (χ0n) is 22.4. The molecule has 3 atom stereocenters. The maximum Gasteiger partial charge on any atom is 0.259 e. The van der Waals surface area contributed by atoms with Crippen LogP contribution in [0.15, 0.2) is 30.5 Å². The monoisotopic (exact) mass is 522 g/mol. The number of carbonyl (C=O) groups excluding carboxylic acids is 2. The van der Waals surface area contributed by atoms with Crippen LogP contribution in [0.2, 0.25) is 0 Å². The molecule has 3 heterocycles. The molecule has 0 aliphatic carbocycles. The van der Waals surface area contributed by atoms with Gasteiger partial charge in [-0.1, -0.05) is 18.8 Å². The highest BCUT2D eigenvalue weighted by atomic mass is 16.7. The maximum absolute atomic E-state index is 13.5. The molecular weight excluding hydrogens is 488 g/mol. The third-order valence-electron chi connectivity index (χ3n) is 6.57. The van der Waals surface area contributed by atoms with Gasteiger partial charge in [0.2, 0.25) is 12.7 Å². The number of amides is 2. The van der Waals surface area contributed by atoms with Crippen LogP contribution in [0.4, 0.5) is 0 Å². The van der Waals surface area contributed by atoms with Crippen LogP contribution in [0.5, 0.6) is 17.4 Å². The van der Waals surface area contributed by atoms with Crippen molar-refractivity contribution in [1.29, 1.82) is 0 Å². The number of aromatic nitrogens is 1. The van der Waals surface area contributed by atoms with E-state index < -0.39 is 12.1 Å². The lowest BCUT2D eigenvalue weighted by atomic mass is 9.99. The van der Waals surface area contributed by atoms with Crippen LogP contribution in [0.1, 0.15) is 40.1 Å². The van der Waals surface area contributed by atoms with E-state index >= 15 is 0 Å². The average Bonchev–Trinajstić information content (AvgIpc) is 3.37. The summed E-state index contributed by atoms with van der Waals surface area (Å²) in [6, 6.07) is 6.36. The molecule has 38 heavy (non-hydrogen) atoms. The molecule has 0 saturated carbocycles. The lowest BCUT2D eigenvalue weighted by molar-refractivity contribution is 0.0313. The second kappa shape index (κ2) is 11.7. The molecule has 1 N–H and O–H groups in total. The van der Waals surface area contributed by atoms with Crippen molar-refractivity contribution in [2.45, 2.75) is 26.0 Å². The van der Waals surface area contributed by atoms with E-state index in [0.29, 0.717) is 35.7 Å². The van der Waals surface area contributed by atoms with E-state index in [-0.39, 0.29) is 49.1 Å². The normalized spacial score (nSPS) is 19.0. The lowest BCUT2D eigenvalue weighted by Gasteiger charge is -2.37. The van der Waals surface area contributed by atoms with Gasteiger partial charge in [-0.25, -0.2) is 4.98 Å². The van der Waals surface area contributed by atoms with Crippen molar-refractivity contribution in [3.8, 4) is 29.2 Å². The third-order valence-corrected chi connectivity index (χ3v) is 6.57. The summed E-state index contributed by atoms with van der Waals surface area (Å²) in [7, 11) is 5.56. The Morgan fingerprint density at radius 2 is 2.00 bits per heavy atom. The molecule has 2 amide bonds. The summed E-state index contributed by atoms with van der Waals surface area (Å²) in [5.41, 5.74) is 1.35. The highest BCUT2D eigenvalue weighted by Crippen LogP contribution is 2.33. The second-order valence-electron chi connectivity index (χ2n) is 9.99. The molecule has 1 aromatic carbocycles. The van der Waals surface area contributed by atoms with Crippen LogP contribution < -0.4 is 14.2 Å². The molecule has 0 spiro atoms. The number of rotatable bonds is 6. The first-order chi connectivity index (χ1) is 18.2. The van der Waals surface area contributed by atoms with Crippen molar-refractivity contribution in [1.82, 2.24) is 19.7 Å². The Labute approximate surface area is 223 Å². The second-order valence-corrected chi connectivity index (χ2v) is 9.99. The van der Waals surface area contributed by atoms with Crippen molar-refractivity contribution >= 4 is 11.8 Å². The number of aliphatic hydroxyl groups is 1. The van der Waals surface area contributed by atoms with E-state index in [2.05, 4.69) is 16.8 Å². The Balaban J connectivity index is 1.60. The number of aliphatic hydroxyl groups excluding tert-OH is 1. The Morgan fingerprint density at radius 1 is 1.24 bits per heavy atom. The zero-order chi connectivity index (χ0) is 27.4. The van der Waals surface area contributed by atoms with E-state index in [1.54, 1.807) is 54.2 Å². The smallest absolute Gasteiger partial charge is 0.259 e. The van der Waals surface area contributed by atoms with Gasteiger partial charge in [-0.3, -0.25) is 14.5 Å². The van der Waals surface area contributed by atoms with Crippen molar-refractivity contribution in [2.24, 2.45) is 5.92 Å². The molecule has 10 heteroatoms. The predicted octanol–water partition coefficient (Wildman–Crippen LogP) is 1.72. The van der Waals surface area contributed by atoms with E-state index in [0.717, 1.165) is 0 Å². The first-order valence-electron chi connectivity index (χ1n) is 12.5. The van der Waals surface area contributed by atoms with Gasteiger partial charge in [0, 0.05) is 36.8 Å². The Kier molecular flexibility index (Phi) is 8.39. The molecule has 2 aliphatic heterocycles. The number of likely N-dealkylation sites (N-methyl/N-ethyl adjacent to an activating group) is 1. The Morgan fingerprint density at radius 3 is 2.74 bits per heavy atom. The summed E-state index contributed by atoms with van der Waals surface area (Å²) in [5.74, 6) is 6.79. The SMILES string of the molecule is C[C@@H]1CN([C@H](C)CO)C(=O)c2cc(C#CCN(C)C)cnc2O[C@H]1CN(C)C(=O)c1ccc2c(c1)OCO2. The van der Waals surface area contributed by atoms with E-state index in [9.17, 15) is 14.7 Å². The number of ether oxygens (including phenoxy) is 3. The molecule has 2 aromatic rings. The maximum atomic E-state index is 13.5. The number of pyridine rings is 1. The Bertz CT molecular complexity index is 1250. The lowest BCUT2D eigenvalue weighted by Crippen LogP contribution is -2.50. The minimum Gasteiger partial charge on any atom is -0.472 e. The van der Waals surface area contributed by atoms with Crippen LogP contribution >= 0.6 is 0 Å². The summed E-state index contributed by atoms with van der Waals surface area (Å²) in [4.78, 5) is 36.4. The van der Waals surface area contributed by atoms with Crippen LogP contribution in [-0.4, -0.2) is 103 Å². The van der Waals surface area contributed by atoms with Gasteiger partial charge in [-0.2, -0.15) is 0 Å². The molecule has 2 aliphatic rings. The summed E-state index contributed by atoms with van der Waals surface area (Å²) in [6.45, 7) is 4.87. The van der Waals surface area contributed by atoms with Gasteiger partial charge < -0.3 is 29.1 Å². The van der Waals surface area contributed by atoms with Gasteiger partial charge in [0.25, 0.3) is 11.8 Å². The largest absolute Gasteiger partial charge is 0.472 e. The first kappa shape index (κ1) is 27.2. The fourth-order valence-electron chi connectivity index (χ4n) is 4.29. The van der Waals surface area contributed by atoms with Gasteiger partial charge in [-0.05, 0) is 45.3 Å². The number of carbonyl (C=O) groups is 2. The molecule has 10 nitrogen and oxygen atoms in total. The summed E-state index contributed by atoms with van der Waals surface area (Å²) in [6.07, 6.45) is 1.12. The molecule has 1 aromatic heterocycles. The van der Waals surface area contributed by atoms with Crippen LogP contribution in [0, 0.1) is 17.8 Å². The van der Waals surface area contributed by atoms with E-state index in [4.69, 9.17) is 14.2 Å².